The Morgan fingerprint density at radius 2 is 1.90 bits per heavy atom. The molecule has 0 aliphatic rings. The van der Waals surface area contributed by atoms with Crippen molar-refractivity contribution in [2.75, 3.05) is 0 Å². The first-order valence-electron chi connectivity index (χ1n) is 8.87. The molecule has 0 bridgehead atoms. The molecule has 2 heterocycles. The predicted octanol–water partition coefficient (Wildman–Crippen LogP) is 2.25. The molecule has 0 spiro atoms. The number of nitro benzene ring substituents is 1. The lowest BCUT2D eigenvalue weighted by molar-refractivity contribution is -0.384. The monoisotopic (exact) mass is 405 g/mol. The smallest absolute Gasteiger partial charge is 0.331 e. The number of para-hydroxylation sites is 1. The molecule has 30 heavy (non-hydrogen) atoms. The number of aryl methyl sites for hydroxylation is 1. The third-order valence-electron chi connectivity index (χ3n) is 4.55. The third kappa shape index (κ3) is 3.41. The molecule has 4 aromatic rings. The maximum atomic E-state index is 12.4. The molecule has 0 N–H and O–H groups in total. The Labute approximate surface area is 168 Å². The van der Waals surface area contributed by atoms with Crippen molar-refractivity contribution in [2.24, 2.45) is 7.05 Å². The van der Waals surface area contributed by atoms with Crippen molar-refractivity contribution in [3.63, 3.8) is 0 Å². The van der Waals surface area contributed by atoms with E-state index in [-0.39, 0.29) is 17.9 Å². The molecule has 4 rings (SSSR count). The molecule has 10 heteroatoms. The van der Waals surface area contributed by atoms with Gasteiger partial charge in [0.15, 0.2) is 12.4 Å². The largest absolute Gasteiger partial charge is 0.454 e. The van der Waals surface area contributed by atoms with Crippen LogP contribution in [0.5, 0.6) is 0 Å². The first-order chi connectivity index (χ1) is 14.5. The zero-order valence-corrected chi connectivity index (χ0v) is 15.8. The van der Waals surface area contributed by atoms with E-state index in [0.717, 1.165) is 0 Å². The number of esters is 1. The summed E-state index contributed by atoms with van der Waals surface area (Å²) in [5.74, 6) is 0.0966. The summed E-state index contributed by atoms with van der Waals surface area (Å²) < 4.78 is 8.31. The fraction of sp³-hybridized carbons (Fsp3) is 0.100. The van der Waals surface area contributed by atoms with E-state index in [4.69, 9.17) is 4.74 Å². The number of hydrogen-bond acceptors (Lipinski definition) is 7. The molecular formula is C20H15N5O5. The van der Waals surface area contributed by atoms with Gasteiger partial charge in [0.05, 0.1) is 15.8 Å². The van der Waals surface area contributed by atoms with Crippen molar-refractivity contribution in [2.45, 2.75) is 6.61 Å². The van der Waals surface area contributed by atoms with Gasteiger partial charge in [-0.3, -0.25) is 23.9 Å². The average molecular weight is 405 g/mol. The summed E-state index contributed by atoms with van der Waals surface area (Å²) in [4.78, 5) is 34.7. The van der Waals surface area contributed by atoms with Crippen molar-refractivity contribution in [1.82, 2.24) is 19.2 Å². The van der Waals surface area contributed by atoms with E-state index in [9.17, 15) is 19.7 Å². The van der Waals surface area contributed by atoms with Gasteiger partial charge in [-0.1, -0.05) is 12.1 Å². The number of carbonyl (C=O) groups is 1. The van der Waals surface area contributed by atoms with Crippen LogP contribution in [0.4, 0.5) is 5.69 Å². The Hall–Kier alpha value is -4.34. The molecule has 10 nitrogen and oxygen atoms in total. The van der Waals surface area contributed by atoms with E-state index in [2.05, 4.69) is 10.2 Å². The van der Waals surface area contributed by atoms with Crippen LogP contribution >= 0.6 is 0 Å². The summed E-state index contributed by atoms with van der Waals surface area (Å²) in [6, 6.07) is 12.8. The highest BCUT2D eigenvalue weighted by atomic mass is 16.6. The molecule has 0 unspecified atom stereocenters. The average Bonchev–Trinajstić information content (AvgIpc) is 3.19. The molecule has 0 aliphatic heterocycles. The number of rotatable bonds is 5. The quantitative estimate of drug-likeness (QED) is 0.216. The zero-order valence-electron chi connectivity index (χ0n) is 15.8. The fourth-order valence-electron chi connectivity index (χ4n) is 3.04. The standard InChI is InChI=1S/C20H15N5O5/c1-23-19(27)15-4-2-3-5-16(15)24-17(21-22-20(23)24)12-30-18(26)11-8-13-6-9-14(10-7-13)25(28)29/h2-11H,12H2,1H3/b11-8+. The van der Waals surface area contributed by atoms with E-state index in [1.54, 1.807) is 35.7 Å². The van der Waals surface area contributed by atoms with Crippen LogP contribution in [0.15, 0.2) is 59.4 Å². The molecule has 2 aromatic carbocycles. The van der Waals surface area contributed by atoms with Gasteiger partial charge in [-0.15, -0.1) is 10.2 Å². The molecule has 2 aromatic heterocycles. The van der Waals surface area contributed by atoms with Crippen LogP contribution < -0.4 is 5.56 Å². The maximum Gasteiger partial charge on any atom is 0.331 e. The third-order valence-corrected chi connectivity index (χ3v) is 4.55. The summed E-state index contributed by atoms with van der Waals surface area (Å²) in [7, 11) is 1.60. The van der Waals surface area contributed by atoms with Crippen molar-refractivity contribution in [3.8, 4) is 0 Å². The number of nitro groups is 1. The Kier molecular flexibility index (Phi) is 4.80. The highest BCUT2D eigenvalue weighted by Crippen LogP contribution is 2.15. The molecule has 0 radical (unpaired) electrons. The minimum absolute atomic E-state index is 0.0324. The Bertz CT molecular complexity index is 1370. The van der Waals surface area contributed by atoms with Gasteiger partial charge < -0.3 is 4.74 Å². The van der Waals surface area contributed by atoms with Crippen molar-refractivity contribution >= 4 is 34.4 Å². The summed E-state index contributed by atoms with van der Waals surface area (Å²) in [6.45, 7) is -0.146. The first-order valence-corrected chi connectivity index (χ1v) is 8.87. The predicted molar refractivity (Wildman–Crippen MR) is 108 cm³/mol. The van der Waals surface area contributed by atoms with Crippen LogP contribution in [0.2, 0.25) is 0 Å². The minimum Gasteiger partial charge on any atom is -0.454 e. The molecule has 0 fully saturated rings. The van der Waals surface area contributed by atoms with Gasteiger partial charge in [-0.25, -0.2) is 4.79 Å². The van der Waals surface area contributed by atoms with E-state index in [0.29, 0.717) is 28.1 Å². The molecule has 0 aliphatic carbocycles. The minimum atomic E-state index is -0.612. The summed E-state index contributed by atoms with van der Waals surface area (Å²) in [5.41, 5.74) is 1.01. The van der Waals surface area contributed by atoms with Gasteiger partial charge in [-0.2, -0.15) is 0 Å². The maximum absolute atomic E-state index is 12.4. The summed E-state index contributed by atoms with van der Waals surface area (Å²) in [5, 5.41) is 19.3. The second kappa shape index (κ2) is 7.59. The molecule has 150 valence electrons. The van der Waals surface area contributed by atoms with Gasteiger partial charge in [0, 0.05) is 25.3 Å². The van der Waals surface area contributed by atoms with Gasteiger partial charge >= 0.3 is 5.97 Å². The van der Waals surface area contributed by atoms with Crippen LogP contribution in [-0.2, 0) is 23.2 Å². The number of fused-ring (bicyclic) bond motifs is 3. The zero-order chi connectivity index (χ0) is 21.3. The van der Waals surface area contributed by atoms with Crippen molar-refractivity contribution in [1.29, 1.82) is 0 Å². The van der Waals surface area contributed by atoms with Crippen LogP contribution in [0.25, 0.3) is 22.8 Å². The first kappa shape index (κ1) is 19.0. The fourth-order valence-corrected chi connectivity index (χ4v) is 3.04. The topological polar surface area (TPSA) is 122 Å². The number of aromatic nitrogens is 4. The second-order valence-electron chi connectivity index (χ2n) is 6.42. The van der Waals surface area contributed by atoms with Crippen LogP contribution in [0.3, 0.4) is 0 Å². The van der Waals surface area contributed by atoms with Gasteiger partial charge in [0.1, 0.15) is 0 Å². The number of benzene rings is 2. The van der Waals surface area contributed by atoms with Crippen molar-refractivity contribution < 1.29 is 14.5 Å². The van der Waals surface area contributed by atoms with E-state index in [1.165, 1.54) is 41.0 Å². The van der Waals surface area contributed by atoms with Crippen LogP contribution in [0, 0.1) is 10.1 Å². The van der Waals surface area contributed by atoms with Crippen LogP contribution in [0.1, 0.15) is 11.4 Å². The highest BCUT2D eigenvalue weighted by molar-refractivity contribution is 5.87. The lowest BCUT2D eigenvalue weighted by atomic mass is 10.2. The lowest BCUT2D eigenvalue weighted by Gasteiger charge is -2.07. The Morgan fingerprint density at radius 3 is 2.63 bits per heavy atom. The summed E-state index contributed by atoms with van der Waals surface area (Å²) in [6.07, 6.45) is 2.71. The molecule has 0 saturated heterocycles. The Morgan fingerprint density at radius 1 is 1.17 bits per heavy atom. The SMILES string of the molecule is Cn1c(=O)c2ccccc2n2c(COC(=O)/C=C/c3ccc([N+](=O)[O-])cc3)nnc12. The molecular weight excluding hydrogens is 390 g/mol. The Balaban J connectivity index is 1.54. The normalized spacial score (nSPS) is 11.4. The van der Waals surface area contributed by atoms with E-state index >= 15 is 0 Å². The number of ether oxygens (including phenoxy) is 1. The number of hydrogen-bond donors (Lipinski definition) is 0. The van der Waals surface area contributed by atoms with Crippen molar-refractivity contribution in [3.05, 3.63) is 86.5 Å². The molecule has 0 amide bonds. The summed E-state index contributed by atoms with van der Waals surface area (Å²) >= 11 is 0. The van der Waals surface area contributed by atoms with Crippen LogP contribution in [-0.4, -0.2) is 30.1 Å². The van der Waals surface area contributed by atoms with Gasteiger partial charge in [0.2, 0.25) is 5.78 Å². The lowest BCUT2D eigenvalue weighted by Crippen LogP contribution is -2.20. The molecule has 0 saturated carbocycles. The second-order valence-corrected chi connectivity index (χ2v) is 6.42. The number of nitrogens with zero attached hydrogens (tertiary/aromatic N) is 5. The van der Waals surface area contributed by atoms with Gasteiger partial charge in [0.25, 0.3) is 11.2 Å². The van der Waals surface area contributed by atoms with E-state index < -0.39 is 10.9 Å². The number of non-ortho nitro benzene ring substituents is 1. The number of carbonyl (C=O) groups excluding carboxylic acids is 1. The molecule has 0 atom stereocenters. The van der Waals surface area contributed by atoms with Gasteiger partial charge in [-0.05, 0) is 35.9 Å². The highest BCUT2D eigenvalue weighted by Gasteiger charge is 2.15. The van der Waals surface area contributed by atoms with E-state index in [1.807, 2.05) is 0 Å².